The molecule has 1 aliphatic heterocycles. The Labute approximate surface area is 166 Å². The number of rotatable bonds is 8. The van der Waals surface area contributed by atoms with Gasteiger partial charge in [-0.1, -0.05) is 89.5 Å². The highest BCUT2D eigenvalue weighted by Gasteiger charge is 2.31. The van der Waals surface area contributed by atoms with Crippen molar-refractivity contribution in [1.29, 1.82) is 0 Å². The third kappa shape index (κ3) is 6.32. The molecule has 0 aromatic heterocycles. The molecule has 2 fully saturated rings. The zero-order chi connectivity index (χ0) is 18.9. The van der Waals surface area contributed by atoms with E-state index in [0.29, 0.717) is 12.2 Å². The van der Waals surface area contributed by atoms with Gasteiger partial charge in [0, 0.05) is 0 Å². The molecule has 1 saturated heterocycles. The molecule has 0 N–H and O–H groups in total. The van der Waals surface area contributed by atoms with Gasteiger partial charge in [-0.15, -0.1) is 0 Å². The molecule has 1 saturated carbocycles. The summed E-state index contributed by atoms with van der Waals surface area (Å²) in [6.45, 7) is 6.22. The van der Waals surface area contributed by atoms with Crippen LogP contribution in [0.3, 0.4) is 0 Å². The molecule has 2 nitrogen and oxygen atoms in total. The van der Waals surface area contributed by atoms with Gasteiger partial charge in [-0.3, -0.25) is 0 Å². The summed E-state index contributed by atoms with van der Waals surface area (Å²) in [7, 11) is 0. The van der Waals surface area contributed by atoms with Crippen molar-refractivity contribution in [1.82, 2.24) is 0 Å². The van der Waals surface area contributed by atoms with Crippen molar-refractivity contribution in [3.8, 4) is 0 Å². The van der Waals surface area contributed by atoms with Crippen LogP contribution in [0.15, 0.2) is 24.3 Å². The van der Waals surface area contributed by atoms with Crippen LogP contribution in [0.4, 0.5) is 0 Å². The van der Waals surface area contributed by atoms with Gasteiger partial charge in [-0.25, -0.2) is 0 Å². The van der Waals surface area contributed by atoms with E-state index in [4.69, 9.17) is 9.47 Å². The van der Waals surface area contributed by atoms with Crippen molar-refractivity contribution in [3.63, 3.8) is 0 Å². The van der Waals surface area contributed by atoms with E-state index in [1.54, 1.807) is 0 Å². The topological polar surface area (TPSA) is 18.5 Å². The average molecular weight is 373 g/mol. The monoisotopic (exact) mass is 372 g/mol. The Morgan fingerprint density at radius 2 is 1.41 bits per heavy atom. The zero-order valence-corrected chi connectivity index (χ0v) is 17.6. The number of benzene rings is 1. The third-order valence-corrected chi connectivity index (χ3v) is 6.72. The van der Waals surface area contributed by atoms with Crippen LogP contribution < -0.4 is 0 Å². The highest BCUT2D eigenvalue weighted by Crippen LogP contribution is 2.35. The van der Waals surface area contributed by atoms with Crippen LogP contribution in [0, 0.1) is 22.3 Å². The summed E-state index contributed by atoms with van der Waals surface area (Å²) in [5.74, 6) is 1.76. The van der Waals surface area contributed by atoms with Gasteiger partial charge in [0.1, 0.15) is 0 Å². The minimum absolute atomic E-state index is 0.367. The quantitative estimate of drug-likeness (QED) is 0.484. The van der Waals surface area contributed by atoms with Crippen LogP contribution in [-0.2, 0) is 9.47 Å². The van der Waals surface area contributed by atoms with E-state index in [0.717, 1.165) is 25.0 Å². The Morgan fingerprint density at radius 3 is 1.89 bits per heavy atom. The van der Waals surface area contributed by atoms with Crippen molar-refractivity contribution in [2.45, 2.75) is 96.7 Å². The second-order valence-electron chi connectivity index (χ2n) is 8.82. The summed E-state index contributed by atoms with van der Waals surface area (Å²) in [4.78, 5) is 0. The SMILES string of the molecule is CCCCCC1CCC(C2COC(CCCC)CO2)CC1.c1cc2ccc1=2. The van der Waals surface area contributed by atoms with Crippen LogP contribution in [0.5, 0.6) is 0 Å². The normalized spacial score (nSPS) is 29.0. The summed E-state index contributed by atoms with van der Waals surface area (Å²) in [5.41, 5.74) is 0. The van der Waals surface area contributed by atoms with Gasteiger partial charge >= 0.3 is 0 Å². The predicted octanol–water partition coefficient (Wildman–Crippen LogP) is 6.63. The number of ether oxygens (including phenoxy) is 2. The molecule has 0 spiro atoms. The summed E-state index contributed by atoms with van der Waals surface area (Å²) in [5, 5.41) is 2.85. The smallest absolute Gasteiger partial charge is 0.0838 e. The van der Waals surface area contributed by atoms with E-state index in [-0.39, 0.29) is 0 Å². The Bertz CT molecular complexity index is 559. The van der Waals surface area contributed by atoms with E-state index >= 15 is 0 Å². The van der Waals surface area contributed by atoms with Gasteiger partial charge in [0.2, 0.25) is 0 Å². The molecule has 3 aliphatic carbocycles. The van der Waals surface area contributed by atoms with E-state index < -0.39 is 0 Å². The molecule has 0 aromatic carbocycles. The van der Waals surface area contributed by atoms with Crippen molar-refractivity contribution >= 4 is 0 Å². The molecule has 0 amide bonds. The first-order valence-electron chi connectivity index (χ1n) is 11.6. The van der Waals surface area contributed by atoms with E-state index in [1.165, 1.54) is 81.1 Å². The molecule has 2 heteroatoms. The molecule has 4 rings (SSSR count). The summed E-state index contributed by atoms with van der Waals surface area (Å²) < 4.78 is 12.2. The molecule has 0 radical (unpaired) electrons. The molecular formula is C25H40O2. The van der Waals surface area contributed by atoms with Crippen LogP contribution in [0.2, 0.25) is 0 Å². The summed E-state index contributed by atoms with van der Waals surface area (Å²) >= 11 is 0. The van der Waals surface area contributed by atoms with Gasteiger partial charge in [0.05, 0.1) is 25.4 Å². The summed E-state index contributed by atoms with van der Waals surface area (Å²) in [6, 6.07) is 8.48. The second-order valence-corrected chi connectivity index (χ2v) is 8.82. The minimum atomic E-state index is 0.367. The van der Waals surface area contributed by atoms with Gasteiger partial charge in [-0.2, -0.15) is 0 Å². The molecule has 152 valence electrons. The maximum absolute atomic E-state index is 6.14. The first-order valence-corrected chi connectivity index (χ1v) is 11.6. The Balaban J connectivity index is 0.000000290. The second kappa shape index (κ2) is 11.2. The number of hydrogen-bond acceptors (Lipinski definition) is 2. The maximum atomic E-state index is 6.14. The summed E-state index contributed by atoms with van der Waals surface area (Å²) in [6.07, 6.45) is 15.7. The molecule has 2 atom stereocenters. The Morgan fingerprint density at radius 1 is 0.741 bits per heavy atom. The molecule has 27 heavy (non-hydrogen) atoms. The zero-order valence-electron chi connectivity index (χ0n) is 17.6. The predicted molar refractivity (Wildman–Crippen MR) is 113 cm³/mol. The van der Waals surface area contributed by atoms with Gasteiger partial charge < -0.3 is 9.47 Å². The standard InChI is InChI=1S/C19H36O2.C6H4/c1-3-5-7-8-16-10-12-17(13-11-16)19-15-20-18(14-21-19)9-6-4-2;1-2-6-4-3-5(1)6/h16-19H,3-15H2,1-2H3;1-4H. The Hall–Kier alpha value is -0.860. The molecule has 1 heterocycles. The van der Waals surface area contributed by atoms with E-state index in [2.05, 4.69) is 38.1 Å². The lowest BCUT2D eigenvalue weighted by atomic mass is 9.77. The molecule has 2 unspecified atom stereocenters. The average Bonchev–Trinajstić information content (AvgIpc) is 2.71. The highest BCUT2D eigenvalue weighted by atomic mass is 16.6. The fourth-order valence-corrected chi connectivity index (χ4v) is 4.62. The lowest BCUT2D eigenvalue weighted by Gasteiger charge is -2.38. The van der Waals surface area contributed by atoms with Crippen LogP contribution >= 0.6 is 0 Å². The van der Waals surface area contributed by atoms with E-state index in [1.807, 2.05) is 0 Å². The van der Waals surface area contributed by atoms with Crippen molar-refractivity contribution in [2.75, 3.05) is 13.2 Å². The van der Waals surface area contributed by atoms with Gasteiger partial charge in [0.15, 0.2) is 0 Å². The lowest BCUT2D eigenvalue weighted by molar-refractivity contribution is -0.157. The lowest BCUT2D eigenvalue weighted by Crippen LogP contribution is -2.41. The van der Waals surface area contributed by atoms with Crippen molar-refractivity contribution < 1.29 is 9.47 Å². The fourth-order valence-electron chi connectivity index (χ4n) is 4.62. The number of hydrogen-bond donors (Lipinski definition) is 0. The molecule has 4 aliphatic rings. The first-order chi connectivity index (χ1) is 13.3. The molecular weight excluding hydrogens is 332 g/mol. The van der Waals surface area contributed by atoms with E-state index in [9.17, 15) is 0 Å². The minimum Gasteiger partial charge on any atom is -0.373 e. The van der Waals surface area contributed by atoms with Crippen molar-refractivity contribution in [2.24, 2.45) is 11.8 Å². The highest BCUT2D eigenvalue weighted by molar-refractivity contribution is 5.22. The largest absolute Gasteiger partial charge is 0.373 e. The Kier molecular flexibility index (Phi) is 8.67. The van der Waals surface area contributed by atoms with Crippen LogP contribution in [0.25, 0.3) is 0 Å². The molecule has 0 aromatic rings. The first kappa shape index (κ1) is 20.9. The number of unbranched alkanes of at least 4 members (excludes halogenated alkanes) is 3. The fraction of sp³-hybridized carbons (Fsp3) is 0.760. The van der Waals surface area contributed by atoms with Crippen LogP contribution in [-0.4, -0.2) is 25.4 Å². The van der Waals surface area contributed by atoms with Crippen molar-refractivity contribution in [3.05, 3.63) is 34.7 Å². The molecule has 0 bridgehead atoms. The maximum Gasteiger partial charge on any atom is 0.0838 e. The van der Waals surface area contributed by atoms with Crippen LogP contribution in [0.1, 0.15) is 84.5 Å². The van der Waals surface area contributed by atoms with Gasteiger partial charge in [-0.05, 0) is 41.5 Å². The third-order valence-electron chi connectivity index (χ3n) is 6.72. The van der Waals surface area contributed by atoms with Gasteiger partial charge in [0.25, 0.3) is 0 Å².